The van der Waals surface area contributed by atoms with Gasteiger partial charge in [0.05, 0.1) is 19.2 Å². The van der Waals surface area contributed by atoms with Gasteiger partial charge in [0.1, 0.15) is 0 Å². The van der Waals surface area contributed by atoms with Crippen LogP contribution in [0.15, 0.2) is 35.0 Å². The van der Waals surface area contributed by atoms with Crippen molar-refractivity contribution in [1.29, 1.82) is 0 Å². The van der Waals surface area contributed by atoms with E-state index in [1.165, 1.54) is 0 Å². The predicted molar refractivity (Wildman–Crippen MR) is 95.8 cm³/mol. The van der Waals surface area contributed by atoms with Crippen LogP contribution in [0.5, 0.6) is 0 Å². The van der Waals surface area contributed by atoms with E-state index in [1.54, 1.807) is 29.6 Å². The zero-order valence-corrected chi connectivity index (χ0v) is 15.7. The van der Waals surface area contributed by atoms with Gasteiger partial charge in [-0.25, -0.2) is 0 Å². The van der Waals surface area contributed by atoms with Gasteiger partial charge in [-0.05, 0) is 35.7 Å². The van der Waals surface area contributed by atoms with Crippen LogP contribution in [0, 0.1) is 11.3 Å². The van der Waals surface area contributed by atoms with Crippen molar-refractivity contribution >= 4 is 34.6 Å². The van der Waals surface area contributed by atoms with Crippen molar-refractivity contribution in [3.05, 3.63) is 44.8 Å². The van der Waals surface area contributed by atoms with Crippen LogP contribution in [0.25, 0.3) is 0 Å². The number of hydrogen-bond donors (Lipinski definition) is 0. The molecule has 1 aliphatic rings. The first-order valence-corrected chi connectivity index (χ1v) is 9.83. The molecule has 128 valence electrons. The predicted octanol–water partition coefficient (Wildman–Crippen LogP) is 4.10. The average Bonchev–Trinajstić information content (AvgIpc) is 3.23. The maximum atomic E-state index is 13.1. The third-order valence-corrected chi connectivity index (χ3v) is 6.39. The lowest BCUT2D eigenvalue weighted by atomic mass is 9.62. The van der Waals surface area contributed by atoms with E-state index in [2.05, 4.69) is 0 Å². The van der Waals surface area contributed by atoms with Gasteiger partial charge in [-0.15, -0.1) is 22.7 Å². The number of amides is 1. The molecule has 0 radical (unpaired) electrons. The lowest BCUT2D eigenvalue weighted by molar-refractivity contribution is -0.198. The minimum Gasteiger partial charge on any atom is -0.465 e. The Kier molecular flexibility index (Phi) is 4.78. The van der Waals surface area contributed by atoms with Crippen molar-refractivity contribution in [2.75, 3.05) is 6.61 Å². The molecule has 1 amide bonds. The summed E-state index contributed by atoms with van der Waals surface area (Å²) in [5.74, 6) is -0.649. The van der Waals surface area contributed by atoms with E-state index in [9.17, 15) is 9.59 Å². The minimum absolute atomic E-state index is 0.122. The summed E-state index contributed by atoms with van der Waals surface area (Å²) in [5, 5.41) is 3.98. The number of thiophene rings is 2. The van der Waals surface area contributed by atoms with E-state index in [-0.39, 0.29) is 24.5 Å². The second-order valence-corrected chi connectivity index (χ2v) is 8.19. The molecule has 1 aliphatic heterocycles. The number of hydrogen-bond acceptors (Lipinski definition) is 5. The van der Waals surface area contributed by atoms with Gasteiger partial charge in [-0.2, -0.15) is 0 Å². The van der Waals surface area contributed by atoms with Crippen LogP contribution in [-0.4, -0.2) is 23.4 Å². The Morgan fingerprint density at radius 2 is 2.00 bits per heavy atom. The van der Waals surface area contributed by atoms with Gasteiger partial charge in [-0.3, -0.25) is 9.59 Å². The lowest BCUT2D eigenvalue weighted by Crippen LogP contribution is -2.68. The minimum atomic E-state index is -1.11. The molecule has 3 heterocycles. The molecule has 0 saturated carbocycles. The molecule has 0 aromatic carbocycles. The van der Waals surface area contributed by atoms with Crippen LogP contribution in [0.3, 0.4) is 0 Å². The fourth-order valence-corrected chi connectivity index (χ4v) is 5.07. The molecule has 4 nitrogen and oxygen atoms in total. The first-order chi connectivity index (χ1) is 11.5. The summed E-state index contributed by atoms with van der Waals surface area (Å²) in [6.45, 7) is 6.45. The Labute approximate surface area is 150 Å². The molecule has 0 bridgehead atoms. The molecule has 2 aromatic rings. The van der Waals surface area contributed by atoms with Gasteiger partial charge in [0.15, 0.2) is 5.41 Å². The van der Waals surface area contributed by atoms with E-state index < -0.39 is 11.4 Å². The molecule has 24 heavy (non-hydrogen) atoms. The zero-order chi connectivity index (χ0) is 17.3. The average molecular weight is 364 g/mol. The van der Waals surface area contributed by atoms with Gasteiger partial charge < -0.3 is 9.64 Å². The number of carbonyl (C=O) groups excluding carboxylic acids is 2. The Bertz CT molecular complexity index is 709. The molecule has 1 fully saturated rings. The van der Waals surface area contributed by atoms with E-state index in [0.717, 1.165) is 9.75 Å². The maximum absolute atomic E-state index is 13.1. The van der Waals surface area contributed by atoms with Gasteiger partial charge in [0.2, 0.25) is 5.91 Å². The fraction of sp³-hybridized carbons (Fsp3) is 0.444. The standard InChI is InChI=1S/C18H21NO3S2/c1-4-22-17(21)18(12(2)3)15(14-8-6-10-24-14)19(16(18)20)11-13-7-5-9-23-13/h5-10,12,15H,4,11H2,1-3H3. The van der Waals surface area contributed by atoms with Crippen molar-refractivity contribution in [3.63, 3.8) is 0 Å². The van der Waals surface area contributed by atoms with Crippen LogP contribution in [0.1, 0.15) is 36.6 Å². The summed E-state index contributed by atoms with van der Waals surface area (Å²) >= 11 is 3.20. The number of nitrogens with zero attached hydrogens (tertiary/aromatic N) is 1. The second kappa shape index (κ2) is 6.69. The lowest BCUT2D eigenvalue weighted by Gasteiger charge is -2.55. The van der Waals surface area contributed by atoms with Gasteiger partial charge in [0, 0.05) is 9.75 Å². The molecule has 3 rings (SSSR count). The van der Waals surface area contributed by atoms with Crippen LogP contribution in [0.2, 0.25) is 0 Å². The molecule has 1 saturated heterocycles. The highest BCUT2D eigenvalue weighted by atomic mass is 32.1. The Morgan fingerprint density at radius 1 is 1.29 bits per heavy atom. The zero-order valence-electron chi connectivity index (χ0n) is 14.0. The molecule has 2 unspecified atom stereocenters. The van der Waals surface area contributed by atoms with Crippen molar-refractivity contribution < 1.29 is 14.3 Å². The van der Waals surface area contributed by atoms with Crippen molar-refractivity contribution in [2.45, 2.75) is 33.4 Å². The molecule has 2 aromatic heterocycles. The first kappa shape index (κ1) is 17.2. The number of likely N-dealkylation sites (tertiary alicyclic amines) is 1. The number of β-lactam (4-membered cyclic amide) rings is 1. The van der Waals surface area contributed by atoms with E-state index in [1.807, 2.05) is 53.8 Å². The highest BCUT2D eigenvalue weighted by molar-refractivity contribution is 7.10. The fourth-order valence-electron chi connectivity index (χ4n) is 3.46. The van der Waals surface area contributed by atoms with Crippen LogP contribution >= 0.6 is 22.7 Å². The number of ether oxygens (including phenoxy) is 1. The van der Waals surface area contributed by atoms with E-state index >= 15 is 0 Å². The molecular formula is C18H21NO3S2. The molecular weight excluding hydrogens is 342 g/mol. The summed E-state index contributed by atoms with van der Waals surface area (Å²) < 4.78 is 5.31. The SMILES string of the molecule is CCOC(=O)C1(C(C)C)C(=O)N(Cc2cccs2)C1c1cccs1. The maximum Gasteiger partial charge on any atom is 0.324 e. The largest absolute Gasteiger partial charge is 0.465 e. The topological polar surface area (TPSA) is 46.6 Å². The molecule has 6 heteroatoms. The van der Waals surface area contributed by atoms with Crippen LogP contribution in [0.4, 0.5) is 0 Å². The number of esters is 1. The van der Waals surface area contributed by atoms with E-state index in [0.29, 0.717) is 6.54 Å². The second-order valence-electron chi connectivity index (χ2n) is 6.17. The van der Waals surface area contributed by atoms with Crippen LogP contribution in [-0.2, 0) is 20.9 Å². The summed E-state index contributed by atoms with van der Waals surface area (Å²) in [6, 6.07) is 7.70. The van der Waals surface area contributed by atoms with Crippen molar-refractivity contribution in [1.82, 2.24) is 4.90 Å². The monoisotopic (exact) mass is 363 g/mol. The summed E-state index contributed by atoms with van der Waals surface area (Å²) in [7, 11) is 0. The number of rotatable bonds is 6. The third kappa shape index (κ3) is 2.48. The quantitative estimate of drug-likeness (QED) is 0.441. The Balaban J connectivity index is 2.01. The van der Waals surface area contributed by atoms with Gasteiger partial charge >= 0.3 is 5.97 Å². The smallest absolute Gasteiger partial charge is 0.324 e. The molecule has 0 spiro atoms. The Hall–Kier alpha value is -1.66. The summed E-state index contributed by atoms with van der Waals surface area (Å²) in [6.07, 6.45) is 0. The summed E-state index contributed by atoms with van der Waals surface area (Å²) in [4.78, 5) is 29.9. The highest BCUT2D eigenvalue weighted by Gasteiger charge is 2.68. The van der Waals surface area contributed by atoms with Gasteiger partial charge in [-0.1, -0.05) is 26.0 Å². The molecule has 2 atom stereocenters. The Morgan fingerprint density at radius 3 is 2.54 bits per heavy atom. The molecule has 0 N–H and O–H groups in total. The van der Waals surface area contributed by atoms with Gasteiger partial charge in [0.25, 0.3) is 0 Å². The van der Waals surface area contributed by atoms with E-state index in [4.69, 9.17) is 4.74 Å². The normalized spacial score (nSPS) is 23.4. The van der Waals surface area contributed by atoms with Crippen LogP contribution < -0.4 is 0 Å². The first-order valence-electron chi connectivity index (χ1n) is 8.07. The number of carbonyl (C=O) groups is 2. The van der Waals surface area contributed by atoms with Crippen molar-refractivity contribution in [2.24, 2.45) is 11.3 Å². The molecule has 0 aliphatic carbocycles. The highest BCUT2D eigenvalue weighted by Crippen LogP contribution is 2.56. The van der Waals surface area contributed by atoms with Crippen molar-refractivity contribution in [3.8, 4) is 0 Å². The third-order valence-electron chi connectivity index (χ3n) is 4.60. The summed E-state index contributed by atoms with van der Waals surface area (Å²) in [5.41, 5.74) is -1.11.